The smallest absolute Gasteiger partial charge is 0.340 e. The van der Waals surface area contributed by atoms with Gasteiger partial charge in [0.15, 0.2) is 9.84 Å². The van der Waals surface area contributed by atoms with Crippen LogP contribution in [0.1, 0.15) is 23.7 Å². The molecule has 0 aromatic heterocycles. The molecule has 1 amide bonds. The van der Waals surface area contributed by atoms with Crippen LogP contribution in [0.15, 0.2) is 53.4 Å². The van der Waals surface area contributed by atoms with Crippen LogP contribution in [0.2, 0.25) is 5.02 Å². The number of sulfone groups is 1. The van der Waals surface area contributed by atoms with Crippen LogP contribution in [0, 0.1) is 0 Å². The minimum Gasteiger partial charge on any atom is -0.462 e. The summed E-state index contributed by atoms with van der Waals surface area (Å²) in [5.74, 6) is -1.46. The molecule has 0 saturated carbocycles. The first-order chi connectivity index (χ1) is 12.3. The number of carbonyl (C=O) groups excluding carboxylic acids is 2. The number of esters is 1. The molecular weight excluding hydrogens is 378 g/mol. The highest BCUT2D eigenvalue weighted by Crippen LogP contribution is 2.19. The Labute approximate surface area is 157 Å². The van der Waals surface area contributed by atoms with Crippen LogP contribution < -0.4 is 5.32 Å². The Bertz CT molecular complexity index is 911. The van der Waals surface area contributed by atoms with Crippen molar-refractivity contribution in [3.05, 3.63) is 59.1 Å². The number of ether oxygens (including phenoxy) is 1. The third kappa shape index (κ3) is 5.31. The first-order valence-corrected chi connectivity index (χ1v) is 9.91. The number of benzene rings is 2. The number of halogens is 1. The van der Waals surface area contributed by atoms with E-state index in [1.54, 1.807) is 31.2 Å². The maximum atomic E-state index is 12.3. The lowest BCUT2D eigenvalue weighted by molar-refractivity contribution is -0.115. The Kier molecular flexibility index (Phi) is 6.76. The van der Waals surface area contributed by atoms with Crippen LogP contribution in [0.4, 0.5) is 5.69 Å². The van der Waals surface area contributed by atoms with E-state index in [0.717, 1.165) is 0 Å². The van der Waals surface area contributed by atoms with Crippen molar-refractivity contribution in [3.8, 4) is 0 Å². The normalized spacial score (nSPS) is 11.0. The van der Waals surface area contributed by atoms with Crippen LogP contribution in [0.25, 0.3) is 0 Å². The van der Waals surface area contributed by atoms with Crippen LogP contribution in [0.5, 0.6) is 0 Å². The van der Waals surface area contributed by atoms with Crippen molar-refractivity contribution < 1.29 is 22.7 Å². The minimum atomic E-state index is -3.64. The van der Waals surface area contributed by atoms with E-state index in [0.29, 0.717) is 5.02 Å². The molecule has 0 fully saturated rings. The molecule has 0 spiro atoms. The lowest BCUT2D eigenvalue weighted by Gasteiger charge is -2.10. The van der Waals surface area contributed by atoms with E-state index < -0.39 is 21.7 Å². The van der Waals surface area contributed by atoms with Crippen molar-refractivity contribution in [1.82, 2.24) is 0 Å². The summed E-state index contributed by atoms with van der Waals surface area (Å²) in [6.07, 6.45) is -0.258. The summed E-state index contributed by atoms with van der Waals surface area (Å²) >= 11 is 5.81. The van der Waals surface area contributed by atoms with Crippen molar-refractivity contribution in [2.45, 2.75) is 18.2 Å². The molecule has 0 atom stereocenters. The molecule has 0 unspecified atom stereocenters. The molecule has 0 aliphatic heterocycles. The topological polar surface area (TPSA) is 89.5 Å². The standard InChI is InChI=1S/C18H18ClNO5S/c1-2-25-18(22)15-8-3-4-9-16(15)20-17(21)10-11-26(23,24)14-7-5-6-13(19)12-14/h3-9,12H,2,10-11H2,1H3,(H,20,21). The quantitative estimate of drug-likeness (QED) is 0.726. The Morgan fingerprint density at radius 1 is 1.12 bits per heavy atom. The maximum Gasteiger partial charge on any atom is 0.340 e. The van der Waals surface area contributed by atoms with Gasteiger partial charge in [-0.15, -0.1) is 0 Å². The number of hydrogen-bond donors (Lipinski definition) is 1. The maximum absolute atomic E-state index is 12.3. The minimum absolute atomic E-state index is 0.0599. The van der Waals surface area contributed by atoms with Crippen molar-refractivity contribution in [2.24, 2.45) is 0 Å². The van der Waals surface area contributed by atoms with Crippen LogP contribution in [0.3, 0.4) is 0 Å². The summed E-state index contributed by atoms with van der Waals surface area (Å²) in [5.41, 5.74) is 0.483. The molecule has 0 bridgehead atoms. The molecule has 0 aliphatic carbocycles. The number of nitrogens with one attached hydrogen (secondary N) is 1. The molecule has 0 heterocycles. The third-order valence-corrected chi connectivity index (χ3v) is 5.40. The number of amides is 1. The van der Waals surface area contributed by atoms with Gasteiger partial charge in [0.25, 0.3) is 0 Å². The van der Waals surface area contributed by atoms with E-state index in [9.17, 15) is 18.0 Å². The molecule has 6 nitrogen and oxygen atoms in total. The molecular formula is C18H18ClNO5S. The van der Waals surface area contributed by atoms with Gasteiger partial charge in [-0.25, -0.2) is 13.2 Å². The monoisotopic (exact) mass is 395 g/mol. The second-order valence-electron chi connectivity index (χ2n) is 5.34. The number of para-hydroxylation sites is 1. The number of anilines is 1. The summed E-state index contributed by atoms with van der Waals surface area (Å²) in [6.45, 7) is 1.89. The molecule has 2 rings (SSSR count). The zero-order valence-corrected chi connectivity index (χ0v) is 15.6. The number of rotatable bonds is 7. The molecule has 0 aliphatic rings. The van der Waals surface area contributed by atoms with Crippen LogP contribution in [-0.2, 0) is 19.4 Å². The Hall–Kier alpha value is -2.38. The average Bonchev–Trinajstić information content (AvgIpc) is 2.61. The van der Waals surface area contributed by atoms with Crippen molar-refractivity contribution in [3.63, 3.8) is 0 Å². The number of hydrogen-bond acceptors (Lipinski definition) is 5. The van der Waals surface area contributed by atoms with E-state index in [1.807, 2.05) is 0 Å². The molecule has 138 valence electrons. The average molecular weight is 396 g/mol. The van der Waals surface area contributed by atoms with E-state index in [4.69, 9.17) is 16.3 Å². The van der Waals surface area contributed by atoms with Gasteiger partial charge in [-0.1, -0.05) is 29.8 Å². The van der Waals surface area contributed by atoms with Crippen LogP contribution >= 0.6 is 11.6 Å². The fraction of sp³-hybridized carbons (Fsp3) is 0.222. The predicted molar refractivity (Wildman–Crippen MR) is 99.2 cm³/mol. The highest BCUT2D eigenvalue weighted by molar-refractivity contribution is 7.91. The lowest BCUT2D eigenvalue weighted by atomic mass is 10.1. The Morgan fingerprint density at radius 2 is 1.85 bits per heavy atom. The SMILES string of the molecule is CCOC(=O)c1ccccc1NC(=O)CCS(=O)(=O)c1cccc(Cl)c1. The van der Waals surface area contributed by atoms with Gasteiger partial charge >= 0.3 is 5.97 Å². The summed E-state index contributed by atoms with van der Waals surface area (Å²) < 4.78 is 29.5. The van der Waals surface area contributed by atoms with Gasteiger partial charge in [0.05, 0.1) is 28.5 Å². The fourth-order valence-electron chi connectivity index (χ4n) is 2.20. The molecule has 0 saturated heterocycles. The Morgan fingerprint density at radius 3 is 2.54 bits per heavy atom. The summed E-state index contributed by atoms with van der Waals surface area (Å²) in [7, 11) is -3.64. The number of carbonyl (C=O) groups is 2. The third-order valence-electron chi connectivity index (χ3n) is 3.45. The molecule has 2 aromatic rings. The first kappa shape index (κ1) is 19.9. The van der Waals surface area contributed by atoms with Crippen molar-refractivity contribution >= 4 is 39.0 Å². The second kappa shape index (κ2) is 8.82. The lowest BCUT2D eigenvalue weighted by Crippen LogP contribution is -2.19. The van der Waals surface area contributed by atoms with Gasteiger partial charge in [-0.3, -0.25) is 4.79 Å². The molecule has 2 aromatic carbocycles. The van der Waals surface area contributed by atoms with Crippen molar-refractivity contribution in [2.75, 3.05) is 17.7 Å². The van der Waals surface area contributed by atoms with E-state index in [-0.39, 0.29) is 34.9 Å². The molecule has 26 heavy (non-hydrogen) atoms. The zero-order chi connectivity index (χ0) is 19.2. The molecule has 8 heteroatoms. The second-order valence-corrected chi connectivity index (χ2v) is 7.89. The van der Waals surface area contributed by atoms with Gasteiger partial charge in [0, 0.05) is 11.4 Å². The Balaban J connectivity index is 2.05. The summed E-state index contributed by atoms with van der Waals surface area (Å²) in [6, 6.07) is 12.2. The predicted octanol–water partition coefficient (Wildman–Crippen LogP) is 3.32. The van der Waals surface area contributed by atoms with E-state index in [1.165, 1.54) is 24.3 Å². The van der Waals surface area contributed by atoms with E-state index in [2.05, 4.69) is 5.32 Å². The van der Waals surface area contributed by atoms with Crippen LogP contribution in [-0.4, -0.2) is 32.7 Å². The summed E-state index contributed by atoms with van der Waals surface area (Å²) in [5, 5.41) is 2.86. The van der Waals surface area contributed by atoms with Gasteiger partial charge < -0.3 is 10.1 Å². The summed E-state index contributed by atoms with van der Waals surface area (Å²) in [4.78, 5) is 24.1. The van der Waals surface area contributed by atoms with Gasteiger partial charge in [-0.05, 0) is 37.3 Å². The zero-order valence-electron chi connectivity index (χ0n) is 14.1. The highest BCUT2D eigenvalue weighted by Gasteiger charge is 2.18. The largest absolute Gasteiger partial charge is 0.462 e. The van der Waals surface area contributed by atoms with Crippen molar-refractivity contribution in [1.29, 1.82) is 0 Å². The van der Waals surface area contributed by atoms with Gasteiger partial charge in [0.2, 0.25) is 5.91 Å². The molecule has 1 N–H and O–H groups in total. The molecule has 0 radical (unpaired) electrons. The van der Waals surface area contributed by atoms with Gasteiger partial charge in [0.1, 0.15) is 0 Å². The van der Waals surface area contributed by atoms with Gasteiger partial charge in [-0.2, -0.15) is 0 Å². The highest BCUT2D eigenvalue weighted by atomic mass is 35.5. The fourth-order valence-corrected chi connectivity index (χ4v) is 3.73. The van der Waals surface area contributed by atoms with E-state index >= 15 is 0 Å². The first-order valence-electron chi connectivity index (χ1n) is 7.88.